The monoisotopic (exact) mass is 288 g/mol. The minimum atomic E-state index is -4.27. The van der Waals surface area contributed by atoms with Gasteiger partial charge in [-0.05, 0) is 25.1 Å². The quantitative estimate of drug-likeness (QED) is 0.859. The number of aromatic nitrogens is 1. The van der Waals surface area contributed by atoms with Gasteiger partial charge in [-0.1, -0.05) is 0 Å². The van der Waals surface area contributed by atoms with Crippen molar-refractivity contribution in [3.63, 3.8) is 0 Å². The zero-order chi connectivity index (χ0) is 10.9. The maximum Gasteiger partial charge on any atom is 0.416 e. The van der Waals surface area contributed by atoms with Crippen LogP contribution in [-0.4, -0.2) is 18.1 Å². The lowest BCUT2D eigenvalue weighted by atomic mass is 10.0. The average Bonchev–Trinajstić information content (AvgIpc) is 2.69. The minimum Gasteiger partial charge on any atom is -0.316 e. The second-order valence-corrected chi connectivity index (χ2v) is 3.66. The number of hydrogen-bond acceptors (Lipinski definition) is 2. The minimum absolute atomic E-state index is 0. The van der Waals surface area contributed by atoms with Crippen molar-refractivity contribution in [2.75, 3.05) is 13.1 Å². The Kier molecular flexibility index (Phi) is 6.23. The molecule has 1 aliphatic heterocycles. The Morgan fingerprint density at radius 1 is 1.29 bits per heavy atom. The van der Waals surface area contributed by atoms with Crippen LogP contribution in [0.15, 0.2) is 18.3 Å². The van der Waals surface area contributed by atoms with Gasteiger partial charge in [0, 0.05) is 24.4 Å². The average molecular weight is 289 g/mol. The molecule has 1 aromatic heterocycles. The summed E-state index contributed by atoms with van der Waals surface area (Å²) in [4.78, 5) is 3.99. The summed E-state index contributed by atoms with van der Waals surface area (Å²) in [5.41, 5.74) is -0.0748. The lowest BCUT2D eigenvalue weighted by Gasteiger charge is -2.11. The molecule has 0 bridgehead atoms. The first kappa shape index (κ1) is 16.5. The van der Waals surface area contributed by atoms with Gasteiger partial charge in [-0.25, -0.2) is 0 Å². The summed E-state index contributed by atoms with van der Waals surface area (Å²) in [7, 11) is 0. The Labute approximate surface area is 110 Å². The third-order valence-corrected chi connectivity index (χ3v) is 2.59. The van der Waals surface area contributed by atoms with Gasteiger partial charge in [0.15, 0.2) is 0 Å². The third-order valence-electron chi connectivity index (χ3n) is 2.59. The predicted octanol–water partition coefficient (Wildman–Crippen LogP) is 3.02. The highest BCUT2D eigenvalue weighted by Gasteiger charge is 2.31. The van der Waals surface area contributed by atoms with Gasteiger partial charge in [0.2, 0.25) is 0 Å². The van der Waals surface area contributed by atoms with E-state index in [0.29, 0.717) is 12.2 Å². The Morgan fingerprint density at radius 2 is 2.00 bits per heavy atom. The second kappa shape index (κ2) is 6.42. The SMILES string of the molecule is Cl.Cl.FC(F)(F)c1ccnc(C2CCNC2)c1. The lowest BCUT2D eigenvalue weighted by molar-refractivity contribution is -0.137. The van der Waals surface area contributed by atoms with Crippen molar-refractivity contribution in [3.8, 4) is 0 Å². The van der Waals surface area contributed by atoms with Crippen molar-refractivity contribution >= 4 is 24.8 Å². The van der Waals surface area contributed by atoms with Crippen LogP contribution in [0, 0.1) is 0 Å². The highest BCUT2D eigenvalue weighted by atomic mass is 35.5. The van der Waals surface area contributed by atoms with Crippen LogP contribution in [0.25, 0.3) is 0 Å². The second-order valence-electron chi connectivity index (χ2n) is 3.66. The molecule has 1 N–H and O–H groups in total. The van der Waals surface area contributed by atoms with Crippen LogP contribution in [0.2, 0.25) is 0 Å². The first-order valence-corrected chi connectivity index (χ1v) is 4.81. The smallest absolute Gasteiger partial charge is 0.316 e. The molecule has 98 valence electrons. The molecule has 2 nitrogen and oxygen atoms in total. The highest BCUT2D eigenvalue weighted by Crippen LogP contribution is 2.31. The summed E-state index contributed by atoms with van der Waals surface area (Å²) in [5.74, 6) is 0.118. The van der Waals surface area contributed by atoms with Crippen LogP contribution in [0.3, 0.4) is 0 Å². The molecule has 1 aromatic rings. The van der Waals surface area contributed by atoms with Crippen LogP contribution in [0.4, 0.5) is 13.2 Å². The van der Waals surface area contributed by atoms with Crippen LogP contribution >= 0.6 is 24.8 Å². The van der Waals surface area contributed by atoms with E-state index in [9.17, 15) is 13.2 Å². The van der Waals surface area contributed by atoms with E-state index in [-0.39, 0.29) is 30.7 Å². The largest absolute Gasteiger partial charge is 0.416 e. The fraction of sp³-hybridized carbons (Fsp3) is 0.500. The van der Waals surface area contributed by atoms with Gasteiger partial charge in [-0.2, -0.15) is 13.2 Å². The lowest BCUT2D eigenvalue weighted by Crippen LogP contribution is -2.11. The van der Waals surface area contributed by atoms with Gasteiger partial charge in [0.25, 0.3) is 0 Å². The van der Waals surface area contributed by atoms with Crippen molar-refractivity contribution in [1.29, 1.82) is 0 Å². The molecule has 17 heavy (non-hydrogen) atoms. The molecular weight excluding hydrogens is 276 g/mol. The van der Waals surface area contributed by atoms with Crippen molar-refractivity contribution < 1.29 is 13.2 Å². The summed E-state index contributed by atoms with van der Waals surface area (Å²) < 4.78 is 37.2. The zero-order valence-corrected chi connectivity index (χ0v) is 10.5. The molecule has 0 aliphatic carbocycles. The molecule has 2 heterocycles. The van der Waals surface area contributed by atoms with Crippen LogP contribution in [0.1, 0.15) is 23.6 Å². The number of alkyl halides is 3. The normalized spacial score (nSPS) is 19.4. The molecule has 0 spiro atoms. The Hall–Kier alpha value is -0.520. The molecule has 0 amide bonds. The predicted molar refractivity (Wildman–Crippen MR) is 64.0 cm³/mol. The molecule has 0 aromatic carbocycles. The van der Waals surface area contributed by atoms with E-state index >= 15 is 0 Å². The summed E-state index contributed by atoms with van der Waals surface area (Å²) in [6.45, 7) is 1.57. The van der Waals surface area contributed by atoms with Crippen LogP contribution in [-0.2, 0) is 6.18 Å². The summed E-state index contributed by atoms with van der Waals surface area (Å²) >= 11 is 0. The van der Waals surface area contributed by atoms with Gasteiger partial charge < -0.3 is 5.32 Å². The Balaban J connectivity index is 0.00000128. The molecule has 1 atom stereocenters. The van der Waals surface area contributed by atoms with E-state index in [1.54, 1.807) is 0 Å². The summed E-state index contributed by atoms with van der Waals surface area (Å²) in [6.07, 6.45) is -2.19. The summed E-state index contributed by atoms with van der Waals surface area (Å²) in [5, 5.41) is 3.11. The number of nitrogens with one attached hydrogen (secondary N) is 1. The topological polar surface area (TPSA) is 24.9 Å². The molecule has 2 rings (SSSR count). The first-order chi connectivity index (χ1) is 7.07. The fourth-order valence-corrected chi connectivity index (χ4v) is 1.76. The van der Waals surface area contributed by atoms with Crippen molar-refractivity contribution in [3.05, 3.63) is 29.6 Å². The van der Waals surface area contributed by atoms with Gasteiger partial charge in [0.05, 0.1) is 5.56 Å². The zero-order valence-electron chi connectivity index (χ0n) is 8.83. The highest BCUT2D eigenvalue weighted by molar-refractivity contribution is 5.85. The molecule has 1 saturated heterocycles. The molecular formula is C10H13Cl2F3N2. The summed E-state index contributed by atoms with van der Waals surface area (Å²) in [6, 6.07) is 2.16. The van der Waals surface area contributed by atoms with Crippen LogP contribution in [0.5, 0.6) is 0 Å². The van der Waals surface area contributed by atoms with E-state index in [1.165, 1.54) is 6.20 Å². The molecule has 0 radical (unpaired) electrons. The first-order valence-electron chi connectivity index (χ1n) is 4.81. The number of halogens is 5. The Bertz CT molecular complexity index is 352. The van der Waals surface area contributed by atoms with E-state index in [4.69, 9.17) is 0 Å². The maximum atomic E-state index is 12.4. The van der Waals surface area contributed by atoms with Crippen LogP contribution < -0.4 is 5.32 Å². The van der Waals surface area contributed by atoms with E-state index < -0.39 is 11.7 Å². The van der Waals surface area contributed by atoms with Gasteiger partial charge in [-0.15, -0.1) is 24.8 Å². The molecule has 1 aliphatic rings. The number of hydrogen-bond donors (Lipinski definition) is 1. The van der Waals surface area contributed by atoms with E-state index in [1.807, 2.05) is 0 Å². The van der Waals surface area contributed by atoms with E-state index in [2.05, 4.69) is 10.3 Å². The standard InChI is InChI=1S/C10H11F3N2.2ClH/c11-10(12,13)8-2-4-15-9(5-8)7-1-3-14-6-7;;/h2,4-5,7,14H,1,3,6H2;2*1H. The molecule has 7 heteroatoms. The fourth-order valence-electron chi connectivity index (χ4n) is 1.76. The maximum absolute atomic E-state index is 12.4. The molecule has 0 saturated carbocycles. The number of pyridine rings is 1. The van der Waals surface area contributed by atoms with Gasteiger partial charge in [-0.3, -0.25) is 4.98 Å². The van der Waals surface area contributed by atoms with Crippen molar-refractivity contribution in [1.82, 2.24) is 10.3 Å². The Morgan fingerprint density at radius 3 is 2.53 bits per heavy atom. The number of rotatable bonds is 1. The number of nitrogens with zero attached hydrogens (tertiary/aromatic N) is 1. The molecule has 1 unspecified atom stereocenters. The molecule has 1 fully saturated rings. The third kappa shape index (κ3) is 4.01. The van der Waals surface area contributed by atoms with E-state index in [0.717, 1.165) is 25.1 Å². The van der Waals surface area contributed by atoms with Gasteiger partial charge in [0.1, 0.15) is 0 Å². The van der Waals surface area contributed by atoms with Crippen molar-refractivity contribution in [2.24, 2.45) is 0 Å². The van der Waals surface area contributed by atoms with Crippen molar-refractivity contribution in [2.45, 2.75) is 18.5 Å². The van der Waals surface area contributed by atoms with Gasteiger partial charge >= 0.3 is 6.18 Å².